The monoisotopic (exact) mass is 310 g/mol. The highest BCUT2D eigenvalue weighted by atomic mass is 32.2. The SMILES string of the molecule is COc1ccc(B(O)O)cc1CSc1ccc(F)cc1F. The third kappa shape index (κ3) is 3.97. The number of rotatable bonds is 5. The Hall–Kier alpha value is -1.57. The van der Waals surface area contributed by atoms with Crippen LogP contribution in [0.2, 0.25) is 0 Å². The summed E-state index contributed by atoms with van der Waals surface area (Å²) in [4.78, 5) is 0.313. The lowest BCUT2D eigenvalue weighted by atomic mass is 9.79. The summed E-state index contributed by atoms with van der Waals surface area (Å²) in [7, 11) is -0.0842. The summed E-state index contributed by atoms with van der Waals surface area (Å²) in [5, 5.41) is 18.4. The van der Waals surface area contributed by atoms with Gasteiger partial charge in [0.15, 0.2) is 0 Å². The normalized spacial score (nSPS) is 10.5. The molecule has 0 aliphatic carbocycles. The Morgan fingerprint density at radius 3 is 2.52 bits per heavy atom. The van der Waals surface area contributed by atoms with Crippen LogP contribution in [-0.4, -0.2) is 24.3 Å². The molecule has 0 amide bonds. The molecular formula is C14H13BF2O3S. The van der Waals surface area contributed by atoms with Gasteiger partial charge in [-0.15, -0.1) is 11.8 Å². The van der Waals surface area contributed by atoms with E-state index >= 15 is 0 Å². The second-order valence-electron chi connectivity index (χ2n) is 4.31. The highest BCUT2D eigenvalue weighted by molar-refractivity contribution is 7.98. The van der Waals surface area contributed by atoms with Crippen LogP contribution in [0.4, 0.5) is 8.78 Å². The van der Waals surface area contributed by atoms with E-state index < -0.39 is 18.8 Å². The molecule has 0 fully saturated rings. The third-order valence-corrected chi connectivity index (χ3v) is 3.98. The topological polar surface area (TPSA) is 49.7 Å². The van der Waals surface area contributed by atoms with Crippen molar-refractivity contribution < 1.29 is 23.6 Å². The summed E-state index contributed by atoms with van der Waals surface area (Å²) < 4.78 is 31.6. The highest BCUT2D eigenvalue weighted by Gasteiger charge is 2.14. The lowest BCUT2D eigenvalue weighted by molar-refractivity contribution is 0.410. The van der Waals surface area contributed by atoms with Crippen molar-refractivity contribution in [2.75, 3.05) is 7.11 Å². The van der Waals surface area contributed by atoms with Crippen molar-refractivity contribution in [1.82, 2.24) is 0 Å². The fourth-order valence-corrected chi connectivity index (χ4v) is 2.72. The maximum atomic E-state index is 13.6. The van der Waals surface area contributed by atoms with E-state index in [4.69, 9.17) is 4.74 Å². The van der Waals surface area contributed by atoms with Crippen molar-refractivity contribution in [3.8, 4) is 5.75 Å². The number of hydrogen-bond donors (Lipinski definition) is 2. The van der Waals surface area contributed by atoms with Gasteiger partial charge in [-0.25, -0.2) is 8.78 Å². The van der Waals surface area contributed by atoms with Gasteiger partial charge in [0.2, 0.25) is 0 Å². The van der Waals surface area contributed by atoms with Crippen molar-refractivity contribution in [1.29, 1.82) is 0 Å². The van der Waals surface area contributed by atoms with E-state index in [1.807, 2.05) is 0 Å². The molecule has 21 heavy (non-hydrogen) atoms. The van der Waals surface area contributed by atoms with Crippen molar-refractivity contribution >= 4 is 24.3 Å². The van der Waals surface area contributed by atoms with E-state index in [0.717, 1.165) is 6.07 Å². The van der Waals surface area contributed by atoms with E-state index in [0.29, 0.717) is 27.4 Å². The van der Waals surface area contributed by atoms with Crippen LogP contribution in [0.5, 0.6) is 5.75 Å². The summed E-state index contributed by atoms with van der Waals surface area (Å²) in [6.07, 6.45) is 0. The molecular weight excluding hydrogens is 297 g/mol. The second-order valence-corrected chi connectivity index (χ2v) is 5.33. The fourth-order valence-electron chi connectivity index (χ4n) is 1.82. The number of benzene rings is 2. The zero-order chi connectivity index (χ0) is 15.4. The van der Waals surface area contributed by atoms with Crippen LogP contribution < -0.4 is 10.2 Å². The van der Waals surface area contributed by atoms with Gasteiger partial charge in [0.05, 0.1) is 7.11 Å². The maximum absolute atomic E-state index is 13.6. The Kier molecular flexibility index (Phi) is 5.22. The molecule has 7 heteroatoms. The van der Waals surface area contributed by atoms with Gasteiger partial charge >= 0.3 is 7.12 Å². The first-order chi connectivity index (χ1) is 10.0. The van der Waals surface area contributed by atoms with Crippen molar-refractivity contribution in [3.63, 3.8) is 0 Å². The molecule has 0 radical (unpaired) electrons. The zero-order valence-electron chi connectivity index (χ0n) is 11.2. The number of methoxy groups -OCH3 is 1. The molecule has 0 heterocycles. The molecule has 3 nitrogen and oxygen atoms in total. The highest BCUT2D eigenvalue weighted by Crippen LogP contribution is 2.29. The molecule has 0 bridgehead atoms. The van der Waals surface area contributed by atoms with Crippen LogP contribution in [0.1, 0.15) is 5.56 Å². The minimum absolute atomic E-state index is 0.313. The number of halogens is 2. The maximum Gasteiger partial charge on any atom is 0.488 e. The van der Waals surface area contributed by atoms with Gasteiger partial charge in [0.1, 0.15) is 17.4 Å². The number of ether oxygens (including phenoxy) is 1. The second kappa shape index (κ2) is 6.93. The first-order valence-corrected chi connectivity index (χ1v) is 7.10. The van der Waals surface area contributed by atoms with Crippen molar-refractivity contribution in [3.05, 3.63) is 53.6 Å². The van der Waals surface area contributed by atoms with Crippen molar-refractivity contribution in [2.24, 2.45) is 0 Å². The number of hydrogen-bond acceptors (Lipinski definition) is 4. The lowest BCUT2D eigenvalue weighted by Crippen LogP contribution is -2.30. The van der Waals surface area contributed by atoms with Gasteiger partial charge in [0.25, 0.3) is 0 Å². The van der Waals surface area contributed by atoms with Gasteiger partial charge in [-0.2, -0.15) is 0 Å². The molecule has 0 aromatic heterocycles. The van der Waals surface area contributed by atoms with Crippen LogP contribution in [0, 0.1) is 11.6 Å². The van der Waals surface area contributed by atoms with Crippen molar-refractivity contribution in [2.45, 2.75) is 10.6 Å². The van der Waals surface area contributed by atoms with Crippen LogP contribution in [-0.2, 0) is 5.75 Å². The van der Waals surface area contributed by atoms with Gasteiger partial charge in [0, 0.05) is 22.3 Å². The standard InChI is InChI=1S/C14H13BF2O3S/c1-20-13-4-2-10(15(18)19)6-9(13)8-21-14-5-3-11(16)7-12(14)17/h2-7,18-19H,8H2,1H3. The summed E-state index contributed by atoms with van der Waals surface area (Å²) in [6, 6.07) is 8.12. The number of thioether (sulfide) groups is 1. The summed E-state index contributed by atoms with van der Waals surface area (Å²) >= 11 is 1.17. The summed E-state index contributed by atoms with van der Waals surface area (Å²) in [5.74, 6) is -0.335. The Labute approximate surface area is 125 Å². The molecule has 2 N–H and O–H groups in total. The Balaban J connectivity index is 2.20. The van der Waals surface area contributed by atoms with E-state index in [2.05, 4.69) is 0 Å². The van der Waals surface area contributed by atoms with Crippen LogP contribution in [0.25, 0.3) is 0 Å². The molecule has 0 aliphatic heterocycles. The molecule has 2 aromatic rings. The van der Waals surface area contributed by atoms with Gasteiger partial charge in [-0.3, -0.25) is 0 Å². The average molecular weight is 310 g/mol. The molecule has 0 spiro atoms. The third-order valence-electron chi connectivity index (χ3n) is 2.88. The van der Waals surface area contributed by atoms with Crippen LogP contribution in [0.15, 0.2) is 41.3 Å². The molecule has 110 valence electrons. The van der Waals surface area contributed by atoms with E-state index in [9.17, 15) is 18.8 Å². The summed E-state index contributed by atoms with van der Waals surface area (Å²) in [5.41, 5.74) is 1.02. The smallest absolute Gasteiger partial charge is 0.488 e. The molecule has 2 aromatic carbocycles. The minimum atomic E-state index is -1.58. The largest absolute Gasteiger partial charge is 0.496 e. The fraction of sp³-hybridized carbons (Fsp3) is 0.143. The minimum Gasteiger partial charge on any atom is -0.496 e. The molecule has 0 saturated carbocycles. The van der Waals surface area contributed by atoms with E-state index in [1.54, 1.807) is 12.1 Å². The predicted molar refractivity (Wildman–Crippen MR) is 78.7 cm³/mol. The quantitative estimate of drug-likeness (QED) is 0.655. The van der Waals surface area contributed by atoms with Gasteiger partial charge in [-0.05, 0) is 23.7 Å². The molecule has 0 unspecified atom stereocenters. The molecule has 0 aliphatic rings. The Morgan fingerprint density at radius 2 is 1.90 bits per heavy atom. The van der Waals surface area contributed by atoms with Crippen LogP contribution >= 0.6 is 11.8 Å². The lowest BCUT2D eigenvalue weighted by Gasteiger charge is -2.11. The van der Waals surface area contributed by atoms with Gasteiger partial charge < -0.3 is 14.8 Å². The summed E-state index contributed by atoms with van der Waals surface area (Å²) in [6.45, 7) is 0. The van der Waals surface area contributed by atoms with Gasteiger partial charge in [-0.1, -0.05) is 12.1 Å². The Bertz CT molecular complexity index is 638. The van der Waals surface area contributed by atoms with E-state index in [-0.39, 0.29) is 0 Å². The molecule has 2 rings (SSSR count). The first kappa shape index (κ1) is 15.8. The van der Waals surface area contributed by atoms with Crippen LogP contribution in [0.3, 0.4) is 0 Å². The zero-order valence-corrected chi connectivity index (χ0v) is 12.0. The molecule has 0 atom stereocenters. The first-order valence-electron chi connectivity index (χ1n) is 6.12. The predicted octanol–water partition coefficient (Wildman–Crippen LogP) is 1.95. The Morgan fingerprint density at radius 1 is 1.14 bits per heavy atom. The average Bonchev–Trinajstić information content (AvgIpc) is 2.46. The molecule has 0 saturated heterocycles. The van der Waals surface area contributed by atoms with E-state index in [1.165, 1.54) is 37.1 Å².